The first-order valence-electron chi connectivity index (χ1n) is 6.93. The Bertz CT molecular complexity index is 324. The molecule has 1 aliphatic carbocycles. The molecule has 0 aromatic heterocycles. The number of hydrogen-bond acceptors (Lipinski definition) is 2. The maximum Gasteiger partial charge on any atom is 0.391 e. The number of aliphatic carboxylic acids is 1. The average Bonchev–Trinajstić information content (AvgIpc) is 2.38. The zero-order valence-electron chi connectivity index (χ0n) is 10.8. The molecule has 0 radical (unpaired) electrons. The lowest BCUT2D eigenvalue weighted by Crippen LogP contribution is -2.50. The van der Waals surface area contributed by atoms with Crippen LogP contribution in [0.25, 0.3) is 0 Å². The number of piperidine rings is 1. The van der Waals surface area contributed by atoms with Crippen molar-refractivity contribution >= 4 is 5.97 Å². The van der Waals surface area contributed by atoms with Gasteiger partial charge >= 0.3 is 12.1 Å². The Labute approximate surface area is 110 Å². The Kier molecular flexibility index (Phi) is 4.38. The van der Waals surface area contributed by atoms with Gasteiger partial charge in [0, 0.05) is 6.04 Å². The zero-order chi connectivity index (χ0) is 14.0. The van der Waals surface area contributed by atoms with Crippen molar-refractivity contribution in [2.24, 2.45) is 11.8 Å². The van der Waals surface area contributed by atoms with E-state index in [0.29, 0.717) is 19.5 Å². The maximum atomic E-state index is 12.6. The van der Waals surface area contributed by atoms with E-state index in [0.717, 1.165) is 19.3 Å². The second-order valence-electron chi connectivity index (χ2n) is 5.65. The molecule has 1 saturated carbocycles. The predicted molar refractivity (Wildman–Crippen MR) is 63.7 cm³/mol. The number of alkyl halides is 3. The van der Waals surface area contributed by atoms with Crippen LogP contribution in [0.4, 0.5) is 13.2 Å². The molecule has 0 spiro atoms. The standard InChI is InChI=1S/C13H20F3NO2/c14-13(15,16)9-5-7-17(8-6-9)11-4-2-1-3-10(11)12(18)19/h9-11H,1-8H2,(H,18,19). The van der Waals surface area contributed by atoms with Gasteiger partial charge in [0.25, 0.3) is 0 Å². The molecule has 0 aromatic carbocycles. The summed E-state index contributed by atoms with van der Waals surface area (Å²) >= 11 is 0. The van der Waals surface area contributed by atoms with Crippen molar-refractivity contribution in [2.75, 3.05) is 13.1 Å². The molecule has 1 N–H and O–H groups in total. The van der Waals surface area contributed by atoms with Crippen molar-refractivity contribution in [3.8, 4) is 0 Å². The third-order valence-electron chi connectivity index (χ3n) is 4.51. The molecule has 1 aliphatic heterocycles. The van der Waals surface area contributed by atoms with E-state index in [1.54, 1.807) is 0 Å². The van der Waals surface area contributed by atoms with Crippen molar-refractivity contribution < 1.29 is 23.1 Å². The molecule has 2 rings (SSSR count). The van der Waals surface area contributed by atoms with Gasteiger partial charge in [-0.05, 0) is 38.8 Å². The summed E-state index contributed by atoms with van der Waals surface area (Å²) in [6.07, 6.45) is -0.559. The van der Waals surface area contributed by atoms with E-state index in [-0.39, 0.29) is 18.9 Å². The second-order valence-corrected chi connectivity index (χ2v) is 5.65. The van der Waals surface area contributed by atoms with Gasteiger partial charge < -0.3 is 5.11 Å². The highest BCUT2D eigenvalue weighted by Gasteiger charge is 2.43. The van der Waals surface area contributed by atoms with E-state index in [4.69, 9.17) is 0 Å². The molecule has 1 saturated heterocycles. The molecular formula is C13H20F3NO2. The summed E-state index contributed by atoms with van der Waals surface area (Å²) < 4.78 is 37.8. The number of carboxylic acids is 1. The molecular weight excluding hydrogens is 259 g/mol. The number of halogens is 3. The van der Waals surface area contributed by atoms with Crippen molar-refractivity contribution in [3.63, 3.8) is 0 Å². The molecule has 0 amide bonds. The Balaban J connectivity index is 1.94. The first-order chi connectivity index (χ1) is 8.89. The summed E-state index contributed by atoms with van der Waals surface area (Å²) in [6, 6.07) is -0.0690. The maximum absolute atomic E-state index is 12.6. The molecule has 2 unspecified atom stereocenters. The largest absolute Gasteiger partial charge is 0.481 e. The number of rotatable bonds is 2. The minimum absolute atomic E-state index is 0.0690. The van der Waals surface area contributed by atoms with Gasteiger partial charge in [-0.25, -0.2) is 0 Å². The molecule has 3 nitrogen and oxygen atoms in total. The number of nitrogens with zero attached hydrogens (tertiary/aromatic N) is 1. The van der Waals surface area contributed by atoms with E-state index >= 15 is 0 Å². The van der Waals surface area contributed by atoms with Crippen LogP contribution in [0.3, 0.4) is 0 Å². The summed E-state index contributed by atoms with van der Waals surface area (Å²) in [4.78, 5) is 13.2. The Morgan fingerprint density at radius 2 is 1.63 bits per heavy atom. The molecule has 19 heavy (non-hydrogen) atoms. The van der Waals surface area contributed by atoms with Crippen molar-refractivity contribution in [1.82, 2.24) is 4.90 Å². The highest BCUT2D eigenvalue weighted by atomic mass is 19.4. The van der Waals surface area contributed by atoms with Crippen molar-refractivity contribution in [1.29, 1.82) is 0 Å². The molecule has 2 aliphatic rings. The van der Waals surface area contributed by atoms with Crippen molar-refractivity contribution in [3.05, 3.63) is 0 Å². The van der Waals surface area contributed by atoms with Crippen LogP contribution >= 0.6 is 0 Å². The molecule has 2 atom stereocenters. The third-order valence-corrected chi connectivity index (χ3v) is 4.51. The van der Waals surface area contributed by atoms with E-state index in [9.17, 15) is 23.1 Å². The molecule has 0 bridgehead atoms. The fourth-order valence-electron chi connectivity index (χ4n) is 3.39. The predicted octanol–water partition coefficient (Wildman–Crippen LogP) is 2.90. The van der Waals surface area contributed by atoms with Crippen molar-refractivity contribution in [2.45, 2.75) is 50.7 Å². The first kappa shape index (κ1) is 14.6. The molecule has 110 valence electrons. The highest BCUT2D eigenvalue weighted by Crippen LogP contribution is 2.37. The van der Waals surface area contributed by atoms with Gasteiger partial charge in [0.2, 0.25) is 0 Å². The zero-order valence-corrected chi connectivity index (χ0v) is 10.8. The van der Waals surface area contributed by atoms with Crippen LogP contribution in [0.1, 0.15) is 38.5 Å². The van der Waals surface area contributed by atoms with Crippen LogP contribution in [0.5, 0.6) is 0 Å². The monoisotopic (exact) mass is 279 g/mol. The van der Waals surface area contributed by atoms with Gasteiger partial charge in [-0.3, -0.25) is 9.69 Å². The lowest BCUT2D eigenvalue weighted by molar-refractivity contribution is -0.187. The number of carbonyl (C=O) groups is 1. The summed E-state index contributed by atoms with van der Waals surface area (Å²) in [5.41, 5.74) is 0. The second kappa shape index (κ2) is 5.69. The van der Waals surface area contributed by atoms with Gasteiger partial charge in [0.05, 0.1) is 11.8 Å². The number of likely N-dealkylation sites (tertiary alicyclic amines) is 1. The molecule has 0 aromatic rings. The Morgan fingerprint density at radius 1 is 1.05 bits per heavy atom. The van der Waals surface area contributed by atoms with Crippen LogP contribution in [-0.2, 0) is 4.79 Å². The first-order valence-corrected chi connectivity index (χ1v) is 6.93. The molecule has 1 heterocycles. The van der Waals surface area contributed by atoms with Crippen LogP contribution < -0.4 is 0 Å². The van der Waals surface area contributed by atoms with Gasteiger partial charge in [0.1, 0.15) is 0 Å². The smallest absolute Gasteiger partial charge is 0.391 e. The fraction of sp³-hybridized carbons (Fsp3) is 0.923. The normalized spacial score (nSPS) is 31.3. The van der Waals surface area contributed by atoms with E-state index < -0.39 is 24.0 Å². The lowest BCUT2D eigenvalue weighted by Gasteiger charge is -2.42. The minimum Gasteiger partial charge on any atom is -0.481 e. The van der Waals surface area contributed by atoms with E-state index in [1.807, 2.05) is 4.90 Å². The summed E-state index contributed by atoms with van der Waals surface area (Å²) in [7, 11) is 0. The van der Waals surface area contributed by atoms with E-state index in [2.05, 4.69) is 0 Å². The quantitative estimate of drug-likeness (QED) is 0.845. The van der Waals surface area contributed by atoms with Gasteiger partial charge in [-0.1, -0.05) is 12.8 Å². The topological polar surface area (TPSA) is 40.5 Å². The third kappa shape index (κ3) is 3.41. The van der Waals surface area contributed by atoms with Crippen LogP contribution in [0.15, 0.2) is 0 Å². The van der Waals surface area contributed by atoms with Gasteiger partial charge in [0.15, 0.2) is 0 Å². The summed E-state index contributed by atoms with van der Waals surface area (Å²) in [5, 5.41) is 9.21. The molecule has 6 heteroatoms. The van der Waals surface area contributed by atoms with Gasteiger partial charge in [-0.15, -0.1) is 0 Å². The Hall–Kier alpha value is -0.780. The summed E-state index contributed by atoms with van der Waals surface area (Å²) in [6.45, 7) is 0.747. The summed E-state index contributed by atoms with van der Waals surface area (Å²) in [5.74, 6) is -2.42. The Morgan fingerprint density at radius 3 is 2.16 bits per heavy atom. The SMILES string of the molecule is O=C(O)C1CCCCC1N1CCC(C(F)(F)F)CC1. The number of carboxylic acid groups (broad SMARTS) is 1. The number of hydrogen-bond donors (Lipinski definition) is 1. The fourth-order valence-corrected chi connectivity index (χ4v) is 3.39. The average molecular weight is 279 g/mol. The van der Waals surface area contributed by atoms with Crippen LogP contribution in [0.2, 0.25) is 0 Å². The van der Waals surface area contributed by atoms with E-state index in [1.165, 1.54) is 0 Å². The minimum atomic E-state index is -4.11. The molecule has 2 fully saturated rings. The van der Waals surface area contributed by atoms with Gasteiger partial charge in [-0.2, -0.15) is 13.2 Å². The lowest BCUT2D eigenvalue weighted by atomic mass is 9.82. The van der Waals surface area contributed by atoms with Crippen LogP contribution in [0, 0.1) is 11.8 Å². The highest BCUT2D eigenvalue weighted by molar-refractivity contribution is 5.71. The van der Waals surface area contributed by atoms with Crippen LogP contribution in [-0.4, -0.2) is 41.3 Å².